The van der Waals surface area contributed by atoms with Gasteiger partial charge in [-0.25, -0.2) is 0 Å². The SMILES string of the molecule is CCC1C(=O)Nc2ccc(-c3cncc(OC[C@@H](N)Cc4c[nH]c5ccccc45)c3)cc21. The van der Waals surface area contributed by atoms with E-state index in [2.05, 4.69) is 33.5 Å². The Morgan fingerprint density at radius 1 is 1.12 bits per heavy atom. The van der Waals surface area contributed by atoms with Crippen LogP contribution in [0, 0.1) is 0 Å². The van der Waals surface area contributed by atoms with Gasteiger partial charge in [0.15, 0.2) is 0 Å². The molecule has 0 fully saturated rings. The van der Waals surface area contributed by atoms with Crippen LogP contribution in [0.5, 0.6) is 5.75 Å². The molecule has 6 heteroatoms. The van der Waals surface area contributed by atoms with Gasteiger partial charge in [0.1, 0.15) is 12.4 Å². The smallest absolute Gasteiger partial charge is 0.231 e. The number of nitrogens with two attached hydrogens (primary N) is 1. The van der Waals surface area contributed by atoms with Crippen LogP contribution in [0.15, 0.2) is 67.1 Å². The molecule has 4 aromatic rings. The number of amides is 1. The highest BCUT2D eigenvalue weighted by Gasteiger charge is 2.29. The van der Waals surface area contributed by atoms with Gasteiger partial charge in [0, 0.05) is 40.6 Å². The van der Waals surface area contributed by atoms with Crippen LogP contribution in [-0.2, 0) is 11.2 Å². The Kier molecular flexibility index (Phi) is 5.37. The molecule has 0 saturated carbocycles. The molecule has 0 aliphatic carbocycles. The molecule has 0 saturated heterocycles. The summed E-state index contributed by atoms with van der Waals surface area (Å²) in [5, 5.41) is 4.15. The summed E-state index contributed by atoms with van der Waals surface area (Å²) in [5.74, 6) is 0.650. The van der Waals surface area contributed by atoms with E-state index in [1.165, 1.54) is 10.9 Å². The van der Waals surface area contributed by atoms with E-state index in [1.54, 1.807) is 6.20 Å². The Bertz CT molecular complexity index is 1280. The Morgan fingerprint density at radius 2 is 2.00 bits per heavy atom. The number of rotatable bonds is 7. The summed E-state index contributed by atoms with van der Waals surface area (Å²) in [6, 6.07) is 16.1. The molecule has 0 radical (unpaired) electrons. The zero-order chi connectivity index (χ0) is 22.1. The van der Waals surface area contributed by atoms with E-state index in [0.717, 1.165) is 40.7 Å². The predicted molar refractivity (Wildman–Crippen MR) is 127 cm³/mol. The fourth-order valence-electron chi connectivity index (χ4n) is 4.41. The second-order valence-electron chi connectivity index (χ2n) is 8.30. The van der Waals surface area contributed by atoms with Crippen molar-refractivity contribution in [3.8, 4) is 16.9 Å². The minimum absolute atomic E-state index is 0.0686. The molecule has 2 aromatic heterocycles. The summed E-state index contributed by atoms with van der Waals surface area (Å²) in [7, 11) is 0. The third-order valence-corrected chi connectivity index (χ3v) is 6.08. The topological polar surface area (TPSA) is 93.0 Å². The number of ether oxygens (including phenoxy) is 1. The van der Waals surface area contributed by atoms with Gasteiger partial charge < -0.3 is 20.8 Å². The molecule has 0 spiro atoms. The van der Waals surface area contributed by atoms with Crippen LogP contribution in [-0.4, -0.2) is 28.5 Å². The number of aromatic amines is 1. The van der Waals surface area contributed by atoms with E-state index in [9.17, 15) is 4.79 Å². The van der Waals surface area contributed by atoms with Crippen LogP contribution in [0.25, 0.3) is 22.0 Å². The molecule has 162 valence electrons. The van der Waals surface area contributed by atoms with E-state index in [0.29, 0.717) is 12.4 Å². The second kappa shape index (κ2) is 8.48. The largest absolute Gasteiger partial charge is 0.490 e. The van der Waals surface area contributed by atoms with Crippen molar-refractivity contribution in [2.45, 2.75) is 31.7 Å². The maximum absolute atomic E-state index is 12.1. The number of nitrogens with zero attached hydrogens (tertiary/aromatic N) is 1. The zero-order valence-electron chi connectivity index (χ0n) is 18.0. The van der Waals surface area contributed by atoms with Crippen molar-refractivity contribution in [1.29, 1.82) is 0 Å². The number of nitrogens with one attached hydrogen (secondary N) is 2. The van der Waals surface area contributed by atoms with Crippen LogP contribution < -0.4 is 15.8 Å². The number of carbonyl (C=O) groups excluding carboxylic acids is 1. The zero-order valence-corrected chi connectivity index (χ0v) is 18.0. The quantitative estimate of drug-likeness (QED) is 0.402. The summed E-state index contributed by atoms with van der Waals surface area (Å²) in [6.45, 7) is 2.42. The lowest BCUT2D eigenvalue weighted by molar-refractivity contribution is -0.117. The summed E-state index contributed by atoms with van der Waals surface area (Å²) in [4.78, 5) is 19.8. The van der Waals surface area contributed by atoms with Gasteiger partial charge in [-0.15, -0.1) is 0 Å². The van der Waals surface area contributed by atoms with Crippen LogP contribution in [0.4, 0.5) is 5.69 Å². The third-order valence-electron chi connectivity index (χ3n) is 6.08. The monoisotopic (exact) mass is 426 g/mol. The minimum Gasteiger partial charge on any atom is -0.490 e. The number of carbonyl (C=O) groups is 1. The molecule has 2 aromatic carbocycles. The van der Waals surface area contributed by atoms with Gasteiger partial charge in [0.05, 0.1) is 12.1 Å². The summed E-state index contributed by atoms with van der Waals surface area (Å²) in [6.07, 6.45) is 7.03. The maximum atomic E-state index is 12.1. The second-order valence-corrected chi connectivity index (χ2v) is 8.30. The molecule has 1 amide bonds. The molecule has 3 heterocycles. The van der Waals surface area contributed by atoms with E-state index in [4.69, 9.17) is 10.5 Å². The number of para-hydroxylation sites is 1. The number of benzene rings is 2. The van der Waals surface area contributed by atoms with Crippen LogP contribution in [0.3, 0.4) is 0 Å². The predicted octanol–water partition coefficient (Wildman–Crippen LogP) is 4.62. The number of H-pyrrole nitrogens is 1. The first kappa shape index (κ1) is 20.3. The fraction of sp³-hybridized carbons (Fsp3) is 0.231. The molecule has 4 N–H and O–H groups in total. The standard InChI is InChI=1S/C26H26N4O2/c1-2-21-23-11-16(7-8-25(23)30-26(21)31)17-10-20(14-28-12-17)32-15-19(27)9-18-13-29-24-6-4-3-5-22(18)24/h3-8,10-14,19,21,29H,2,9,15,27H2,1H3,(H,30,31)/t19-,21?/m0/s1. The van der Waals surface area contributed by atoms with Gasteiger partial charge in [-0.05, 0) is 53.8 Å². The Labute approximate surface area is 186 Å². The molecular formula is C26H26N4O2. The normalized spacial score (nSPS) is 16.1. The van der Waals surface area contributed by atoms with Gasteiger partial charge in [-0.2, -0.15) is 0 Å². The maximum Gasteiger partial charge on any atom is 0.231 e. The molecule has 0 bridgehead atoms. The lowest BCUT2D eigenvalue weighted by atomic mass is 9.95. The molecule has 6 nitrogen and oxygen atoms in total. The Hall–Kier alpha value is -3.64. The number of anilines is 1. The van der Waals surface area contributed by atoms with Crippen molar-refractivity contribution >= 4 is 22.5 Å². The van der Waals surface area contributed by atoms with Gasteiger partial charge in [-0.1, -0.05) is 31.2 Å². The highest BCUT2D eigenvalue weighted by molar-refractivity contribution is 6.03. The summed E-state index contributed by atoms with van der Waals surface area (Å²) < 4.78 is 5.98. The van der Waals surface area contributed by atoms with Crippen LogP contribution in [0.1, 0.15) is 30.4 Å². The van der Waals surface area contributed by atoms with Crippen LogP contribution in [0.2, 0.25) is 0 Å². The molecule has 1 aliphatic heterocycles. The third kappa shape index (κ3) is 3.85. The first-order chi connectivity index (χ1) is 15.6. The van der Waals surface area contributed by atoms with Crippen molar-refractivity contribution in [2.75, 3.05) is 11.9 Å². The molecule has 2 atom stereocenters. The molecule has 1 unspecified atom stereocenters. The van der Waals surface area contributed by atoms with Crippen molar-refractivity contribution in [1.82, 2.24) is 9.97 Å². The van der Waals surface area contributed by atoms with E-state index in [1.807, 2.05) is 49.6 Å². The number of aromatic nitrogens is 2. The van der Waals surface area contributed by atoms with Gasteiger partial charge >= 0.3 is 0 Å². The van der Waals surface area contributed by atoms with E-state index < -0.39 is 0 Å². The molecular weight excluding hydrogens is 400 g/mol. The summed E-state index contributed by atoms with van der Waals surface area (Å²) >= 11 is 0. The lowest BCUT2D eigenvalue weighted by Crippen LogP contribution is -2.30. The number of fused-ring (bicyclic) bond motifs is 2. The van der Waals surface area contributed by atoms with Gasteiger partial charge in [0.25, 0.3) is 0 Å². The van der Waals surface area contributed by atoms with Crippen LogP contribution >= 0.6 is 0 Å². The first-order valence-electron chi connectivity index (χ1n) is 11.0. The lowest BCUT2D eigenvalue weighted by Gasteiger charge is -2.14. The van der Waals surface area contributed by atoms with Gasteiger partial charge in [-0.3, -0.25) is 9.78 Å². The summed E-state index contributed by atoms with van der Waals surface area (Å²) in [5.41, 5.74) is 12.6. The number of hydrogen-bond acceptors (Lipinski definition) is 4. The highest BCUT2D eigenvalue weighted by atomic mass is 16.5. The van der Waals surface area contributed by atoms with Crippen molar-refractivity contribution in [3.63, 3.8) is 0 Å². The van der Waals surface area contributed by atoms with E-state index >= 15 is 0 Å². The first-order valence-corrected chi connectivity index (χ1v) is 11.0. The average Bonchev–Trinajstić information content (AvgIpc) is 3.37. The molecule has 1 aliphatic rings. The van der Waals surface area contributed by atoms with Crippen molar-refractivity contribution in [2.24, 2.45) is 5.73 Å². The van der Waals surface area contributed by atoms with E-state index in [-0.39, 0.29) is 17.9 Å². The molecule has 32 heavy (non-hydrogen) atoms. The highest BCUT2D eigenvalue weighted by Crippen LogP contribution is 2.37. The number of pyridine rings is 1. The van der Waals surface area contributed by atoms with Gasteiger partial charge in [0.2, 0.25) is 5.91 Å². The Morgan fingerprint density at radius 3 is 2.88 bits per heavy atom. The average molecular weight is 427 g/mol. The number of hydrogen-bond donors (Lipinski definition) is 3. The molecule has 5 rings (SSSR count). The Balaban J connectivity index is 1.28. The van der Waals surface area contributed by atoms with Crippen molar-refractivity contribution in [3.05, 3.63) is 78.2 Å². The minimum atomic E-state index is -0.139. The van der Waals surface area contributed by atoms with Crippen molar-refractivity contribution < 1.29 is 9.53 Å². The fourth-order valence-corrected chi connectivity index (χ4v) is 4.41.